The van der Waals surface area contributed by atoms with Gasteiger partial charge in [0.05, 0.1) is 12.2 Å². The van der Waals surface area contributed by atoms with E-state index < -0.39 is 29.0 Å². The summed E-state index contributed by atoms with van der Waals surface area (Å²) in [5.74, 6) is -3.67. The Morgan fingerprint density at radius 2 is 1.48 bits per heavy atom. The lowest BCUT2D eigenvalue weighted by Gasteiger charge is -2.10. The van der Waals surface area contributed by atoms with Gasteiger partial charge in [0, 0.05) is 5.69 Å². The van der Waals surface area contributed by atoms with Crippen LogP contribution in [0.3, 0.4) is 0 Å². The first kappa shape index (κ1) is 18.3. The summed E-state index contributed by atoms with van der Waals surface area (Å²) in [5, 5.41) is 5.03. The molecule has 138 valence electrons. The third-order valence-corrected chi connectivity index (χ3v) is 3.60. The van der Waals surface area contributed by atoms with Crippen LogP contribution < -0.4 is 15.4 Å². The first-order valence-corrected chi connectivity index (χ1v) is 8.03. The molecule has 2 N–H and O–H groups in total. The monoisotopic (exact) mass is 372 g/mol. The molecule has 27 heavy (non-hydrogen) atoms. The lowest BCUT2D eigenvalue weighted by Crippen LogP contribution is -2.22. The van der Waals surface area contributed by atoms with Crippen molar-refractivity contribution in [3.63, 3.8) is 0 Å². The molecule has 0 radical (unpaired) electrons. The quantitative estimate of drug-likeness (QED) is 0.602. The highest BCUT2D eigenvalue weighted by Crippen LogP contribution is 2.23. The van der Waals surface area contributed by atoms with Gasteiger partial charge in [0.15, 0.2) is 17.5 Å². The standard InChI is InChI=1S/C20H15F3N2O2/c21-16-10-11-17(20(23)19(16)22)25-18(26)12-24-13-6-8-15(9-7-13)27-14-4-2-1-3-5-14/h1-11,24H,12H2,(H,25,26). The van der Waals surface area contributed by atoms with Crippen molar-refractivity contribution in [1.29, 1.82) is 0 Å². The second-order valence-corrected chi connectivity index (χ2v) is 5.56. The Balaban J connectivity index is 1.54. The highest BCUT2D eigenvalue weighted by Gasteiger charge is 2.15. The van der Waals surface area contributed by atoms with Crippen molar-refractivity contribution >= 4 is 17.3 Å². The van der Waals surface area contributed by atoms with Crippen LogP contribution in [0.25, 0.3) is 0 Å². The van der Waals surface area contributed by atoms with Gasteiger partial charge in [0.25, 0.3) is 0 Å². The van der Waals surface area contributed by atoms with Crippen LogP contribution in [0.4, 0.5) is 24.5 Å². The van der Waals surface area contributed by atoms with Crippen LogP contribution in [-0.4, -0.2) is 12.5 Å². The van der Waals surface area contributed by atoms with Crippen molar-refractivity contribution in [1.82, 2.24) is 0 Å². The maximum atomic E-state index is 13.5. The minimum Gasteiger partial charge on any atom is -0.457 e. The van der Waals surface area contributed by atoms with Crippen molar-refractivity contribution in [3.05, 3.63) is 84.2 Å². The van der Waals surface area contributed by atoms with Gasteiger partial charge in [-0.2, -0.15) is 0 Å². The normalized spacial score (nSPS) is 10.3. The van der Waals surface area contributed by atoms with E-state index in [1.54, 1.807) is 24.3 Å². The molecule has 0 bridgehead atoms. The molecule has 0 atom stereocenters. The summed E-state index contributed by atoms with van der Waals surface area (Å²) in [6.07, 6.45) is 0. The van der Waals surface area contributed by atoms with E-state index in [0.717, 1.165) is 12.1 Å². The molecule has 0 heterocycles. The van der Waals surface area contributed by atoms with Crippen LogP contribution in [-0.2, 0) is 4.79 Å². The summed E-state index contributed by atoms with van der Waals surface area (Å²) in [6.45, 7) is -0.183. The first-order chi connectivity index (χ1) is 13.0. The van der Waals surface area contributed by atoms with Gasteiger partial charge in [-0.1, -0.05) is 18.2 Å². The maximum absolute atomic E-state index is 13.5. The van der Waals surface area contributed by atoms with Crippen molar-refractivity contribution in [2.24, 2.45) is 0 Å². The van der Waals surface area contributed by atoms with E-state index in [2.05, 4.69) is 10.6 Å². The number of halogens is 3. The van der Waals surface area contributed by atoms with Crippen LogP contribution in [0, 0.1) is 17.5 Å². The third kappa shape index (κ3) is 4.78. The Bertz CT molecular complexity index is 932. The summed E-state index contributed by atoms with van der Waals surface area (Å²) in [5.41, 5.74) is 0.212. The predicted octanol–water partition coefficient (Wildman–Crippen LogP) is 4.95. The van der Waals surface area contributed by atoms with Crippen LogP contribution >= 0.6 is 0 Å². The Morgan fingerprint density at radius 3 is 2.19 bits per heavy atom. The van der Waals surface area contributed by atoms with Crippen LogP contribution in [0.15, 0.2) is 66.7 Å². The van der Waals surface area contributed by atoms with Gasteiger partial charge in [0.1, 0.15) is 11.5 Å². The van der Waals surface area contributed by atoms with E-state index >= 15 is 0 Å². The molecule has 0 aliphatic carbocycles. The van der Waals surface area contributed by atoms with Crippen molar-refractivity contribution in [2.75, 3.05) is 17.2 Å². The zero-order chi connectivity index (χ0) is 19.2. The Kier molecular flexibility index (Phi) is 5.61. The SMILES string of the molecule is O=C(CNc1ccc(Oc2ccccc2)cc1)Nc1ccc(F)c(F)c1F. The number of benzene rings is 3. The number of nitrogens with one attached hydrogen (secondary N) is 2. The number of carbonyl (C=O) groups is 1. The van der Waals surface area contributed by atoms with Gasteiger partial charge >= 0.3 is 0 Å². The largest absolute Gasteiger partial charge is 0.457 e. The molecule has 0 aliphatic heterocycles. The smallest absolute Gasteiger partial charge is 0.243 e. The molecule has 3 rings (SSSR count). The molecule has 0 saturated carbocycles. The van der Waals surface area contributed by atoms with Crippen molar-refractivity contribution in [3.8, 4) is 11.5 Å². The van der Waals surface area contributed by atoms with Crippen LogP contribution in [0.1, 0.15) is 0 Å². The number of hydrogen-bond acceptors (Lipinski definition) is 3. The second kappa shape index (κ2) is 8.27. The van der Waals surface area contributed by atoms with Crippen molar-refractivity contribution < 1.29 is 22.7 Å². The average Bonchev–Trinajstić information content (AvgIpc) is 2.69. The average molecular weight is 372 g/mol. The van der Waals surface area contributed by atoms with Crippen LogP contribution in [0.5, 0.6) is 11.5 Å². The highest BCUT2D eigenvalue weighted by molar-refractivity contribution is 5.93. The molecule has 1 amide bonds. The third-order valence-electron chi connectivity index (χ3n) is 3.60. The van der Waals surface area contributed by atoms with Gasteiger partial charge in [-0.15, -0.1) is 0 Å². The first-order valence-electron chi connectivity index (χ1n) is 8.03. The summed E-state index contributed by atoms with van der Waals surface area (Å²) in [6, 6.07) is 17.8. The molecule has 0 saturated heterocycles. The molecule has 0 aromatic heterocycles. The van der Waals surface area contributed by atoms with Gasteiger partial charge < -0.3 is 15.4 Å². The molecule has 3 aromatic carbocycles. The Hall–Kier alpha value is -3.48. The molecule has 0 aliphatic rings. The molecule has 3 aromatic rings. The zero-order valence-electron chi connectivity index (χ0n) is 14.0. The molecular formula is C20H15F3N2O2. The van der Waals surface area contributed by atoms with Gasteiger partial charge in [-0.3, -0.25) is 4.79 Å². The van der Waals surface area contributed by atoms with Gasteiger partial charge in [-0.05, 0) is 48.5 Å². The second-order valence-electron chi connectivity index (χ2n) is 5.56. The summed E-state index contributed by atoms with van der Waals surface area (Å²) >= 11 is 0. The van der Waals surface area contributed by atoms with E-state index in [1.807, 2.05) is 30.3 Å². The molecule has 0 unspecified atom stereocenters. The fourth-order valence-electron chi connectivity index (χ4n) is 2.26. The van der Waals surface area contributed by atoms with E-state index in [9.17, 15) is 18.0 Å². The summed E-state index contributed by atoms with van der Waals surface area (Å²) in [7, 11) is 0. The predicted molar refractivity (Wildman–Crippen MR) is 96.4 cm³/mol. The molecule has 0 spiro atoms. The number of carbonyl (C=O) groups excluding carboxylic acids is 1. The van der Waals surface area contributed by atoms with Crippen LogP contribution in [0.2, 0.25) is 0 Å². The number of anilines is 2. The summed E-state index contributed by atoms with van der Waals surface area (Å²) in [4.78, 5) is 11.9. The minimum atomic E-state index is -1.63. The fraction of sp³-hybridized carbons (Fsp3) is 0.0500. The van der Waals surface area contributed by atoms with Gasteiger partial charge in [0.2, 0.25) is 5.91 Å². The number of para-hydroxylation sites is 1. The molecule has 4 nitrogen and oxygen atoms in total. The molecular weight excluding hydrogens is 357 g/mol. The minimum absolute atomic E-state index is 0.183. The maximum Gasteiger partial charge on any atom is 0.243 e. The number of ether oxygens (including phenoxy) is 1. The van der Waals surface area contributed by atoms with E-state index in [1.165, 1.54) is 0 Å². The Morgan fingerprint density at radius 1 is 0.815 bits per heavy atom. The molecule has 0 fully saturated rings. The van der Waals surface area contributed by atoms with E-state index in [-0.39, 0.29) is 6.54 Å². The topological polar surface area (TPSA) is 50.4 Å². The van der Waals surface area contributed by atoms with E-state index in [4.69, 9.17) is 4.74 Å². The number of amides is 1. The van der Waals surface area contributed by atoms with E-state index in [0.29, 0.717) is 17.2 Å². The number of rotatable bonds is 6. The van der Waals surface area contributed by atoms with Crippen molar-refractivity contribution in [2.45, 2.75) is 0 Å². The highest BCUT2D eigenvalue weighted by atomic mass is 19.2. The van der Waals surface area contributed by atoms with Gasteiger partial charge in [-0.25, -0.2) is 13.2 Å². The summed E-state index contributed by atoms with van der Waals surface area (Å²) < 4.78 is 45.2. The molecule has 7 heteroatoms. The Labute approximate surface area is 153 Å². The fourth-order valence-corrected chi connectivity index (χ4v) is 2.26. The number of hydrogen-bond donors (Lipinski definition) is 2. The lowest BCUT2D eigenvalue weighted by molar-refractivity contribution is -0.114. The zero-order valence-corrected chi connectivity index (χ0v) is 14.0. The lowest BCUT2D eigenvalue weighted by atomic mass is 10.2.